The Kier molecular flexibility index (Phi) is 5.26. The molecule has 18 heavy (non-hydrogen) atoms. The highest BCUT2D eigenvalue weighted by molar-refractivity contribution is 7.98. The number of thioether (sulfide) groups is 1. The molecule has 0 N–H and O–H groups in total. The Hall–Kier alpha value is -0.800. The quantitative estimate of drug-likeness (QED) is 0.426. The van der Waals surface area contributed by atoms with Crippen molar-refractivity contribution in [2.24, 2.45) is 5.92 Å². The van der Waals surface area contributed by atoms with Crippen LogP contribution in [0.4, 0.5) is 0 Å². The molecule has 0 bridgehead atoms. The fourth-order valence-corrected chi connectivity index (χ4v) is 2.46. The molecule has 0 atom stereocenters. The van der Waals surface area contributed by atoms with Gasteiger partial charge in [0.25, 0.3) is 0 Å². The minimum atomic E-state index is 0.0799. The maximum absolute atomic E-state index is 11.8. The first kappa shape index (κ1) is 13.6. The summed E-state index contributed by atoms with van der Waals surface area (Å²) in [6.07, 6.45) is 7.19. The zero-order chi connectivity index (χ0) is 12.8. The molecule has 1 aromatic carbocycles. The summed E-state index contributed by atoms with van der Waals surface area (Å²) < 4.78 is 5.46. The SMILES string of the molecule is CSc1ccc(C(=O)COCCC2CCC2)cc1. The molecule has 2 nitrogen and oxygen atoms in total. The predicted octanol–water partition coefficient (Wildman–Crippen LogP) is 3.80. The summed E-state index contributed by atoms with van der Waals surface area (Å²) >= 11 is 1.68. The summed E-state index contributed by atoms with van der Waals surface area (Å²) in [5.41, 5.74) is 0.747. The minimum Gasteiger partial charge on any atom is -0.373 e. The van der Waals surface area contributed by atoms with Crippen LogP contribution in [0.25, 0.3) is 0 Å². The van der Waals surface area contributed by atoms with Gasteiger partial charge in [0.15, 0.2) is 5.78 Å². The largest absolute Gasteiger partial charge is 0.373 e. The number of Topliss-reactive ketones (excluding diaryl/α,β-unsaturated/α-hetero) is 1. The van der Waals surface area contributed by atoms with E-state index in [-0.39, 0.29) is 12.4 Å². The van der Waals surface area contributed by atoms with Gasteiger partial charge in [0.05, 0.1) is 0 Å². The summed E-state index contributed by atoms with van der Waals surface area (Å²) in [4.78, 5) is 13.0. The molecule has 1 aliphatic carbocycles. The van der Waals surface area contributed by atoms with Crippen LogP contribution in [0, 0.1) is 5.92 Å². The summed E-state index contributed by atoms with van der Waals surface area (Å²) in [7, 11) is 0. The number of hydrogen-bond acceptors (Lipinski definition) is 3. The second kappa shape index (κ2) is 6.95. The van der Waals surface area contributed by atoms with Crippen molar-refractivity contribution < 1.29 is 9.53 Å². The van der Waals surface area contributed by atoms with Gasteiger partial charge in [-0.15, -0.1) is 11.8 Å². The normalized spacial score (nSPS) is 15.4. The molecule has 0 amide bonds. The van der Waals surface area contributed by atoms with Crippen molar-refractivity contribution >= 4 is 17.5 Å². The Bertz CT molecular complexity index is 382. The first-order valence-corrected chi connectivity index (χ1v) is 7.77. The lowest BCUT2D eigenvalue weighted by Crippen LogP contribution is -2.16. The fourth-order valence-electron chi connectivity index (χ4n) is 2.06. The molecule has 1 aromatic rings. The van der Waals surface area contributed by atoms with Crippen LogP contribution in [-0.4, -0.2) is 25.3 Å². The molecule has 3 heteroatoms. The van der Waals surface area contributed by atoms with Gasteiger partial charge in [-0.3, -0.25) is 4.79 Å². The van der Waals surface area contributed by atoms with Crippen molar-refractivity contribution in [2.75, 3.05) is 19.5 Å². The van der Waals surface area contributed by atoms with Crippen LogP contribution in [0.1, 0.15) is 36.0 Å². The number of carbonyl (C=O) groups excluding carboxylic acids is 1. The lowest BCUT2D eigenvalue weighted by atomic mass is 9.83. The number of benzene rings is 1. The van der Waals surface area contributed by atoms with Gasteiger partial charge in [-0.1, -0.05) is 31.4 Å². The van der Waals surface area contributed by atoms with Gasteiger partial charge in [0.1, 0.15) is 6.61 Å². The zero-order valence-corrected chi connectivity index (χ0v) is 11.7. The van der Waals surface area contributed by atoms with Gasteiger partial charge in [-0.2, -0.15) is 0 Å². The summed E-state index contributed by atoms with van der Waals surface area (Å²) in [6, 6.07) is 7.71. The molecule has 0 spiro atoms. The zero-order valence-electron chi connectivity index (χ0n) is 10.9. The van der Waals surface area contributed by atoms with Crippen LogP contribution in [0.2, 0.25) is 0 Å². The second-order valence-corrected chi connectivity index (χ2v) is 5.67. The standard InChI is InChI=1S/C15H20O2S/c1-18-14-7-5-13(6-8-14)15(16)11-17-10-9-12-3-2-4-12/h5-8,12H,2-4,9-11H2,1H3. The lowest BCUT2D eigenvalue weighted by molar-refractivity contribution is 0.0705. The third-order valence-corrected chi connectivity index (χ3v) is 4.28. The second-order valence-electron chi connectivity index (χ2n) is 4.79. The number of ether oxygens (including phenoxy) is 1. The number of carbonyl (C=O) groups is 1. The van der Waals surface area contributed by atoms with Crippen molar-refractivity contribution in [2.45, 2.75) is 30.6 Å². The average Bonchev–Trinajstić information content (AvgIpc) is 2.36. The van der Waals surface area contributed by atoms with E-state index in [4.69, 9.17) is 4.74 Å². The molecule has 1 fully saturated rings. The van der Waals surface area contributed by atoms with Crippen LogP contribution >= 0.6 is 11.8 Å². The Morgan fingerprint density at radius 1 is 1.33 bits per heavy atom. The Morgan fingerprint density at radius 2 is 2.06 bits per heavy atom. The molecule has 0 aliphatic heterocycles. The average molecular weight is 264 g/mol. The van der Waals surface area contributed by atoms with E-state index < -0.39 is 0 Å². The van der Waals surface area contributed by atoms with Crippen molar-refractivity contribution in [3.05, 3.63) is 29.8 Å². The molecule has 0 heterocycles. The van der Waals surface area contributed by atoms with E-state index in [1.54, 1.807) is 11.8 Å². The Morgan fingerprint density at radius 3 is 2.61 bits per heavy atom. The van der Waals surface area contributed by atoms with Gasteiger partial charge >= 0.3 is 0 Å². The van der Waals surface area contributed by atoms with Crippen molar-refractivity contribution in [1.82, 2.24) is 0 Å². The van der Waals surface area contributed by atoms with E-state index >= 15 is 0 Å². The highest BCUT2D eigenvalue weighted by Gasteiger charge is 2.16. The van der Waals surface area contributed by atoms with E-state index in [0.29, 0.717) is 0 Å². The third-order valence-electron chi connectivity index (χ3n) is 3.54. The predicted molar refractivity (Wildman–Crippen MR) is 75.3 cm³/mol. The maximum atomic E-state index is 11.8. The van der Waals surface area contributed by atoms with E-state index in [2.05, 4.69) is 0 Å². The first-order chi connectivity index (χ1) is 8.79. The highest BCUT2D eigenvalue weighted by Crippen LogP contribution is 2.29. The van der Waals surface area contributed by atoms with Crippen molar-refractivity contribution in [3.8, 4) is 0 Å². The molecule has 98 valence electrons. The molecular formula is C15H20O2S. The summed E-state index contributed by atoms with van der Waals surface area (Å²) in [5.74, 6) is 0.928. The number of hydrogen-bond donors (Lipinski definition) is 0. The van der Waals surface area contributed by atoms with E-state index in [9.17, 15) is 4.79 Å². The van der Waals surface area contributed by atoms with Crippen LogP contribution in [-0.2, 0) is 4.74 Å². The van der Waals surface area contributed by atoms with Crippen LogP contribution in [0.3, 0.4) is 0 Å². The van der Waals surface area contributed by atoms with Gasteiger partial charge in [0.2, 0.25) is 0 Å². The third kappa shape index (κ3) is 3.85. The van der Waals surface area contributed by atoms with Gasteiger partial charge in [-0.05, 0) is 30.7 Å². The van der Waals surface area contributed by atoms with Crippen LogP contribution < -0.4 is 0 Å². The van der Waals surface area contributed by atoms with Gasteiger partial charge in [-0.25, -0.2) is 0 Å². The van der Waals surface area contributed by atoms with Crippen molar-refractivity contribution in [3.63, 3.8) is 0 Å². The lowest BCUT2D eigenvalue weighted by Gasteiger charge is -2.24. The Balaban J connectivity index is 1.69. The number of ketones is 1. The maximum Gasteiger partial charge on any atom is 0.188 e. The summed E-state index contributed by atoms with van der Waals surface area (Å²) in [5, 5.41) is 0. The number of rotatable bonds is 7. The minimum absolute atomic E-state index is 0.0799. The monoisotopic (exact) mass is 264 g/mol. The molecule has 0 radical (unpaired) electrons. The van der Waals surface area contributed by atoms with Crippen LogP contribution in [0.15, 0.2) is 29.2 Å². The topological polar surface area (TPSA) is 26.3 Å². The molecular weight excluding hydrogens is 244 g/mol. The molecule has 0 unspecified atom stereocenters. The first-order valence-electron chi connectivity index (χ1n) is 6.54. The molecule has 1 saturated carbocycles. The van der Waals surface area contributed by atoms with Crippen LogP contribution in [0.5, 0.6) is 0 Å². The summed E-state index contributed by atoms with van der Waals surface area (Å²) in [6.45, 7) is 0.935. The molecule has 0 saturated heterocycles. The van der Waals surface area contributed by atoms with Gasteiger partial charge in [0, 0.05) is 17.1 Å². The molecule has 2 rings (SSSR count). The molecule has 0 aromatic heterocycles. The fraction of sp³-hybridized carbons (Fsp3) is 0.533. The van der Waals surface area contributed by atoms with E-state index in [0.717, 1.165) is 24.5 Å². The highest BCUT2D eigenvalue weighted by atomic mass is 32.2. The van der Waals surface area contributed by atoms with Gasteiger partial charge < -0.3 is 4.74 Å². The van der Waals surface area contributed by atoms with E-state index in [1.165, 1.54) is 24.2 Å². The smallest absolute Gasteiger partial charge is 0.188 e. The Labute approximate surface area is 113 Å². The molecule has 1 aliphatic rings. The van der Waals surface area contributed by atoms with Crippen molar-refractivity contribution in [1.29, 1.82) is 0 Å². The van der Waals surface area contributed by atoms with E-state index in [1.807, 2.05) is 30.5 Å².